The van der Waals surface area contributed by atoms with Crippen molar-refractivity contribution in [2.45, 2.75) is 42.7 Å². The van der Waals surface area contributed by atoms with Crippen LogP contribution in [0, 0.1) is 0 Å². The van der Waals surface area contributed by atoms with Gasteiger partial charge in [0.2, 0.25) is 10.0 Å². The van der Waals surface area contributed by atoms with Crippen molar-refractivity contribution in [3.63, 3.8) is 0 Å². The second-order valence-corrected chi connectivity index (χ2v) is 8.05. The molecule has 0 unspecified atom stereocenters. The molecule has 3 rings (SSSR count). The van der Waals surface area contributed by atoms with Gasteiger partial charge < -0.3 is 4.90 Å². The number of nitrogens with one attached hydrogen (secondary N) is 1. The van der Waals surface area contributed by atoms with Gasteiger partial charge in [-0.2, -0.15) is 0 Å². The first-order valence-electron chi connectivity index (χ1n) is 8.43. The van der Waals surface area contributed by atoms with Gasteiger partial charge in [-0.25, -0.2) is 13.1 Å². The van der Waals surface area contributed by atoms with Crippen molar-refractivity contribution in [3.8, 4) is 0 Å². The Morgan fingerprint density at radius 1 is 0.917 bits per heavy atom. The summed E-state index contributed by atoms with van der Waals surface area (Å²) in [7, 11) is -1.43. The van der Waals surface area contributed by atoms with E-state index < -0.39 is 10.0 Å². The van der Waals surface area contributed by atoms with Crippen molar-refractivity contribution in [1.82, 2.24) is 4.72 Å². The third kappa shape index (κ3) is 3.79. The highest BCUT2D eigenvalue weighted by Crippen LogP contribution is 2.27. The van der Waals surface area contributed by atoms with Gasteiger partial charge in [-0.15, -0.1) is 0 Å². The number of para-hydroxylation sites is 1. The van der Waals surface area contributed by atoms with E-state index in [-0.39, 0.29) is 12.1 Å². The molecular weight excluding hydrogens is 320 g/mol. The predicted molar refractivity (Wildman–Crippen MR) is 97.7 cm³/mol. The molecule has 24 heavy (non-hydrogen) atoms. The highest BCUT2D eigenvalue weighted by atomic mass is 32.2. The van der Waals surface area contributed by atoms with E-state index in [1.54, 1.807) is 24.3 Å². The molecule has 0 aromatic heterocycles. The molecule has 1 aliphatic carbocycles. The van der Waals surface area contributed by atoms with Gasteiger partial charge in [0, 0.05) is 24.8 Å². The molecular formula is C19H24N2O2S. The number of hydrogen-bond acceptors (Lipinski definition) is 3. The summed E-state index contributed by atoms with van der Waals surface area (Å²) in [6, 6.07) is 18.9. The first kappa shape index (κ1) is 17.0. The Balaban J connectivity index is 1.80. The van der Waals surface area contributed by atoms with Crippen LogP contribution in [0.4, 0.5) is 5.69 Å². The SMILES string of the molecule is CN(c1ccccc1)[C@@H]1CCCC[C@@H]1NS(=O)(=O)c1ccccc1. The molecule has 0 spiro atoms. The molecule has 0 heterocycles. The van der Waals surface area contributed by atoms with Crippen LogP contribution in [0.5, 0.6) is 0 Å². The summed E-state index contributed by atoms with van der Waals surface area (Å²) in [6.07, 6.45) is 4.05. The highest BCUT2D eigenvalue weighted by Gasteiger charge is 2.32. The Labute approximate surface area is 144 Å². The molecule has 2 aromatic rings. The van der Waals surface area contributed by atoms with E-state index in [0.717, 1.165) is 31.4 Å². The summed E-state index contributed by atoms with van der Waals surface area (Å²) in [5.74, 6) is 0. The molecule has 1 N–H and O–H groups in total. The molecule has 2 aromatic carbocycles. The van der Waals surface area contributed by atoms with Gasteiger partial charge >= 0.3 is 0 Å². The molecule has 1 saturated carbocycles. The van der Waals surface area contributed by atoms with Gasteiger partial charge in [0.15, 0.2) is 0 Å². The fraction of sp³-hybridized carbons (Fsp3) is 0.368. The van der Waals surface area contributed by atoms with Gasteiger partial charge in [0.1, 0.15) is 0 Å². The fourth-order valence-electron chi connectivity index (χ4n) is 3.43. The normalized spacial score (nSPS) is 21.4. The monoisotopic (exact) mass is 344 g/mol. The smallest absolute Gasteiger partial charge is 0.240 e. The summed E-state index contributed by atoms with van der Waals surface area (Å²) < 4.78 is 28.3. The Kier molecular flexibility index (Phi) is 5.21. The van der Waals surface area contributed by atoms with Crippen molar-refractivity contribution in [2.75, 3.05) is 11.9 Å². The number of benzene rings is 2. The van der Waals surface area contributed by atoms with Crippen molar-refractivity contribution >= 4 is 15.7 Å². The van der Waals surface area contributed by atoms with Crippen molar-refractivity contribution in [1.29, 1.82) is 0 Å². The molecule has 0 radical (unpaired) electrons. The summed E-state index contributed by atoms with van der Waals surface area (Å²) in [6.45, 7) is 0. The maximum Gasteiger partial charge on any atom is 0.240 e. The number of rotatable bonds is 5. The van der Waals surface area contributed by atoms with Crippen molar-refractivity contribution in [3.05, 3.63) is 60.7 Å². The molecule has 128 valence electrons. The minimum Gasteiger partial charge on any atom is -0.370 e. The van der Waals surface area contributed by atoms with Crippen LogP contribution in [-0.4, -0.2) is 27.5 Å². The molecule has 4 nitrogen and oxygen atoms in total. The summed E-state index contributed by atoms with van der Waals surface area (Å²) in [5, 5.41) is 0. The van der Waals surface area contributed by atoms with E-state index in [0.29, 0.717) is 4.90 Å². The first-order chi connectivity index (χ1) is 11.6. The molecule has 0 amide bonds. The van der Waals surface area contributed by atoms with Crippen LogP contribution in [0.3, 0.4) is 0 Å². The minimum absolute atomic E-state index is 0.0748. The molecule has 0 aliphatic heterocycles. The summed E-state index contributed by atoms with van der Waals surface area (Å²) in [5.41, 5.74) is 1.12. The third-order valence-corrected chi connectivity index (χ3v) is 6.26. The van der Waals surface area contributed by atoms with Crippen LogP contribution in [0.1, 0.15) is 25.7 Å². The maximum atomic E-state index is 12.7. The highest BCUT2D eigenvalue weighted by molar-refractivity contribution is 7.89. The zero-order chi connectivity index (χ0) is 17.0. The van der Waals surface area contributed by atoms with Gasteiger partial charge in [0.05, 0.1) is 4.90 Å². The van der Waals surface area contributed by atoms with Crippen molar-refractivity contribution < 1.29 is 8.42 Å². The molecule has 1 fully saturated rings. The lowest BCUT2D eigenvalue weighted by Crippen LogP contribution is -2.52. The Hall–Kier alpha value is -1.85. The number of nitrogens with zero attached hydrogens (tertiary/aromatic N) is 1. The quantitative estimate of drug-likeness (QED) is 0.904. The molecule has 1 aliphatic rings. The Morgan fingerprint density at radius 2 is 1.50 bits per heavy atom. The van der Waals surface area contributed by atoms with Crippen molar-refractivity contribution in [2.24, 2.45) is 0 Å². The van der Waals surface area contributed by atoms with Crippen LogP contribution >= 0.6 is 0 Å². The van der Waals surface area contributed by atoms with Crippen LogP contribution in [0.25, 0.3) is 0 Å². The standard InChI is InChI=1S/C19H24N2O2S/c1-21(16-10-4-2-5-11-16)19-15-9-8-14-18(19)20-24(22,23)17-12-6-3-7-13-17/h2-7,10-13,18-20H,8-9,14-15H2,1H3/t18-,19+/m0/s1. The molecule has 2 atom stereocenters. The largest absolute Gasteiger partial charge is 0.370 e. The lowest BCUT2D eigenvalue weighted by molar-refractivity contribution is 0.351. The number of anilines is 1. The Morgan fingerprint density at radius 3 is 2.17 bits per heavy atom. The second kappa shape index (κ2) is 7.36. The number of hydrogen-bond donors (Lipinski definition) is 1. The zero-order valence-corrected chi connectivity index (χ0v) is 14.7. The average Bonchev–Trinajstić information content (AvgIpc) is 2.63. The zero-order valence-electron chi connectivity index (χ0n) is 13.9. The maximum absolute atomic E-state index is 12.7. The van der Waals surface area contributed by atoms with E-state index in [2.05, 4.69) is 28.8 Å². The second-order valence-electron chi connectivity index (χ2n) is 6.34. The van der Waals surface area contributed by atoms with Gasteiger partial charge in [-0.1, -0.05) is 49.2 Å². The summed E-state index contributed by atoms with van der Waals surface area (Å²) in [4.78, 5) is 2.54. The number of sulfonamides is 1. The molecule has 0 saturated heterocycles. The van der Waals surface area contributed by atoms with Gasteiger partial charge in [-0.3, -0.25) is 0 Å². The Bertz CT molecular complexity index is 747. The van der Waals surface area contributed by atoms with E-state index >= 15 is 0 Å². The average molecular weight is 344 g/mol. The third-order valence-electron chi connectivity index (χ3n) is 4.75. The van der Waals surface area contributed by atoms with Crippen LogP contribution in [-0.2, 0) is 10.0 Å². The lowest BCUT2D eigenvalue weighted by Gasteiger charge is -2.39. The van der Waals surface area contributed by atoms with E-state index in [1.807, 2.05) is 24.3 Å². The van der Waals surface area contributed by atoms with E-state index in [9.17, 15) is 8.42 Å². The number of likely N-dealkylation sites (N-methyl/N-ethyl adjacent to an activating group) is 1. The van der Waals surface area contributed by atoms with E-state index in [4.69, 9.17) is 0 Å². The minimum atomic E-state index is -3.49. The van der Waals surface area contributed by atoms with Crippen LogP contribution in [0.15, 0.2) is 65.6 Å². The molecule has 0 bridgehead atoms. The van der Waals surface area contributed by atoms with Gasteiger partial charge in [0.25, 0.3) is 0 Å². The summed E-state index contributed by atoms with van der Waals surface area (Å²) >= 11 is 0. The molecule has 5 heteroatoms. The fourth-order valence-corrected chi connectivity index (χ4v) is 4.76. The first-order valence-corrected chi connectivity index (χ1v) is 9.91. The topological polar surface area (TPSA) is 49.4 Å². The van der Waals surface area contributed by atoms with Crippen LogP contribution in [0.2, 0.25) is 0 Å². The van der Waals surface area contributed by atoms with Gasteiger partial charge in [-0.05, 0) is 37.1 Å². The lowest BCUT2D eigenvalue weighted by atomic mass is 9.90. The van der Waals surface area contributed by atoms with E-state index in [1.165, 1.54) is 0 Å². The van der Waals surface area contributed by atoms with Crippen LogP contribution < -0.4 is 9.62 Å². The predicted octanol–water partition coefficient (Wildman–Crippen LogP) is 3.41.